The van der Waals surface area contributed by atoms with E-state index in [2.05, 4.69) is 21.5 Å². The highest BCUT2D eigenvalue weighted by Gasteiger charge is 2.16. The minimum atomic E-state index is -3.56. The van der Waals surface area contributed by atoms with E-state index >= 15 is 0 Å². The molecule has 1 aromatic heterocycles. The second-order valence-electron chi connectivity index (χ2n) is 6.96. The SMILES string of the molecule is O=S(=O)(NCC#CCOc1ccc2cccnc2c1)c1ccc2c(c1)CCCC2. The quantitative estimate of drug-likeness (QED) is 0.659. The lowest BCUT2D eigenvalue weighted by atomic mass is 9.92. The van der Waals surface area contributed by atoms with Crippen LogP contribution in [0.1, 0.15) is 24.0 Å². The Morgan fingerprint density at radius 3 is 2.76 bits per heavy atom. The third-order valence-corrected chi connectivity index (χ3v) is 6.39. The average Bonchev–Trinajstić information content (AvgIpc) is 2.75. The highest BCUT2D eigenvalue weighted by Crippen LogP contribution is 2.24. The lowest BCUT2D eigenvalue weighted by Gasteiger charge is -2.16. The predicted molar refractivity (Wildman–Crippen MR) is 113 cm³/mol. The van der Waals surface area contributed by atoms with Crippen LogP contribution in [-0.4, -0.2) is 26.6 Å². The van der Waals surface area contributed by atoms with Crippen LogP contribution < -0.4 is 9.46 Å². The fourth-order valence-corrected chi connectivity index (χ4v) is 4.43. The van der Waals surface area contributed by atoms with Crippen LogP contribution in [0.4, 0.5) is 0 Å². The van der Waals surface area contributed by atoms with Gasteiger partial charge < -0.3 is 4.74 Å². The first-order chi connectivity index (χ1) is 14.1. The second-order valence-corrected chi connectivity index (χ2v) is 8.73. The molecule has 2 aromatic carbocycles. The van der Waals surface area contributed by atoms with Gasteiger partial charge in [0, 0.05) is 17.6 Å². The molecule has 0 amide bonds. The zero-order chi connectivity index (χ0) is 20.1. The van der Waals surface area contributed by atoms with E-state index in [-0.39, 0.29) is 13.2 Å². The molecule has 1 N–H and O–H groups in total. The van der Waals surface area contributed by atoms with Gasteiger partial charge in [-0.2, -0.15) is 4.72 Å². The molecule has 0 fully saturated rings. The van der Waals surface area contributed by atoms with Gasteiger partial charge in [-0.25, -0.2) is 8.42 Å². The first-order valence-electron chi connectivity index (χ1n) is 9.67. The Kier molecular flexibility index (Phi) is 5.79. The molecule has 0 unspecified atom stereocenters. The topological polar surface area (TPSA) is 68.3 Å². The maximum absolute atomic E-state index is 12.5. The van der Waals surface area contributed by atoms with Gasteiger partial charge in [0.1, 0.15) is 12.4 Å². The van der Waals surface area contributed by atoms with Crippen LogP contribution >= 0.6 is 0 Å². The largest absolute Gasteiger partial charge is 0.481 e. The van der Waals surface area contributed by atoms with Crippen LogP contribution in [0.3, 0.4) is 0 Å². The number of sulfonamides is 1. The zero-order valence-corrected chi connectivity index (χ0v) is 16.8. The second kappa shape index (κ2) is 8.64. The van der Waals surface area contributed by atoms with Gasteiger partial charge in [0.2, 0.25) is 10.0 Å². The molecule has 5 nitrogen and oxygen atoms in total. The van der Waals surface area contributed by atoms with Gasteiger partial charge in [0.05, 0.1) is 17.0 Å². The number of nitrogens with one attached hydrogen (secondary N) is 1. The fourth-order valence-electron chi connectivity index (χ4n) is 3.46. The van der Waals surface area contributed by atoms with E-state index in [1.807, 2.05) is 36.4 Å². The van der Waals surface area contributed by atoms with Gasteiger partial charge in [-0.1, -0.05) is 24.0 Å². The lowest BCUT2D eigenvalue weighted by Crippen LogP contribution is -2.24. The molecule has 6 heteroatoms. The number of hydrogen-bond donors (Lipinski definition) is 1. The van der Waals surface area contributed by atoms with Crippen molar-refractivity contribution in [3.05, 3.63) is 65.9 Å². The Hall–Kier alpha value is -2.88. The number of nitrogens with zero attached hydrogens (tertiary/aromatic N) is 1. The molecule has 0 aliphatic heterocycles. The number of ether oxygens (including phenoxy) is 1. The van der Waals surface area contributed by atoms with Gasteiger partial charge >= 0.3 is 0 Å². The molecule has 0 saturated heterocycles. The molecule has 0 spiro atoms. The summed E-state index contributed by atoms with van der Waals surface area (Å²) in [5.74, 6) is 6.32. The van der Waals surface area contributed by atoms with Crippen molar-refractivity contribution >= 4 is 20.9 Å². The zero-order valence-electron chi connectivity index (χ0n) is 16.0. The Labute approximate surface area is 171 Å². The smallest absolute Gasteiger partial charge is 0.241 e. The van der Waals surface area contributed by atoms with Crippen molar-refractivity contribution in [1.82, 2.24) is 9.71 Å². The van der Waals surface area contributed by atoms with E-state index in [0.717, 1.165) is 35.7 Å². The predicted octanol–water partition coefficient (Wildman–Crippen LogP) is 3.47. The van der Waals surface area contributed by atoms with Crippen molar-refractivity contribution in [2.45, 2.75) is 30.6 Å². The summed E-state index contributed by atoms with van der Waals surface area (Å²) in [5, 5.41) is 1.04. The van der Waals surface area contributed by atoms with Gasteiger partial charge in [-0.3, -0.25) is 4.98 Å². The Morgan fingerprint density at radius 1 is 1.00 bits per heavy atom. The third kappa shape index (κ3) is 4.76. The molecule has 3 aromatic rings. The molecule has 148 valence electrons. The molecule has 1 aliphatic carbocycles. The van der Waals surface area contributed by atoms with E-state index in [0.29, 0.717) is 10.6 Å². The number of rotatable bonds is 5. The minimum Gasteiger partial charge on any atom is -0.481 e. The monoisotopic (exact) mass is 406 g/mol. The van der Waals surface area contributed by atoms with Gasteiger partial charge in [0.25, 0.3) is 0 Å². The van der Waals surface area contributed by atoms with E-state index in [1.165, 1.54) is 12.0 Å². The summed E-state index contributed by atoms with van der Waals surface area (Å²) in [6.45, 7) is 0.223. The molecule has 0 saturated carbocycles. The van der Waals surface area contributed by atoms with E-state index in [4.69, 9.17) is 4.74 Å². The maximum Gasteiger partial charge on any atom is 0.241 e. The molecule has 1 heterocycles. The normalized spacial score (nSPS) is 13.4. The summed E-state index contributed by atoms with van der Waals surface area (Å²) < 4.78 is 33.1. The summed E-state index contributed by atoms with van der Waals surface area (Å²) in [6, 6.07) is 14.9. The van der Waals surface area contributed by atoms with Crippen molar-refractivity contribution in [3.63, 3.8) is 0 Å². The number of aromatic nitrogens is 1. The van der Waals surface area contributed by atoms with Crippen LogP contribution in [0.5, 0.6) is 5.75 Å². The van der Waals surface area contributed by atoms with E-state index < -0.39 is 10.0 Å². The fraction of sp³-hybridized carbons (Fsp3) is 0.261. The number of aryl methyl sites for hydroxylation is 2. The molecule has 0 atom stereocenters. The van der Waals surface area contributed by atoms with Crippen molar-refractivity contribution in [1.29, 1.82) is 0 Å². The van der Waals surface area contributed by atoms with Gasteiger partial charge in [-0.15, -0.1) is 0 Å². The highest BCUT2D eigenvalue weighted by molar-refractivity contribution is 7.89. The van der Waals surface area contributed by atoms with Crippen LogP contribution in [0.25, 0.3) is 10.9 Å². The summed E-state index contributed by atoms with van der Waals surface area (Å²) >= 11 is 0. The van der Waals surface area contributed by atoms with Gasteiger partial charge in [-0.05, 0) is 67.1 Å². The lowest BCUT2D eigenvalue weighted by molar-refractivity contribution is 0.370. The third-order valence-electron chi connectivity index (χ3n) is 4.99. The number of benzene rings is 2. The Morgan fingerprint density at radius 2 is 1.86 bits per heavy atom. The average molecular weight is 407 g/mol. The molecule has 1 aliphatic rings. The molecule has 29 heavy (non-hydrogen) atoms. The summed E-state index contributed by atoms with van der Waals surface area (Å²) in [4.78, 5) is 4.59. The number of fused-ring (bicyclic) bond motifs is 2. The Balaban J connectivity index is 1.31. The van der Waals surface area contributed by atoms with Crippen LogP contribution in [-0.2, 0) is 22.9 Å². The first-order valence-corrected chi connectivity index (χ1v) is 11.1. The van der Waals surface area contributed by atoms with Crippen LogP contribution in [0, 0.1) is 11.8 Å². The van der Waals surface area contributed by atoms with Crippen LogP contribution in [0.2, 0.25) is 0 Å². The summed E-state index contributed by atoms with van der Waals surface area (Å²) in [6.07, 6.45) is 6.00. The number of hydrogen-bond acceptors (Lipinski definition) is 4. The number of pyridine rings is 1. The minimum absolute atomic E-state index is 0.0437. The van der Waals surface area contributed by atoms with E-state index in [1.54, 1.807) is 18.3 Å². The summed E-state index contributed by atoms with van der Waals surface area (Å²) in [5.41, 5.74) is 3.26. The van der Waals surface area contributed by atoms with Crippen LogP contribution in [0.15, 0.2) is 59.6 Å². The van der Waals surface area contributed by atoms with Crippen molar-refractivity contribution in [2.24, 2.45) is 0 Å². The standard InChI is InChI=1S/C23H22N2O3S/c26-29(27,22-12-10-18-6-1-2-7-20(18)16-22)25-14-3-4-15-28-21-11-9-19-8-5-13-24-23(19)17-21/h5,8-13,16-17,25H,1-2,6-7,14-15H2. The molecule has 4 rings (SSSR count). The molecular formula is C23H22N2O3S. The maximum atomic E-state index is 12.5. The summed E-state index contributed by atoms with van der Waals surface area (Å²) in [7, 11) is -3.56. The van der Waals surface area contributed by atoms with Crippen molar-refractivity contribution in [2.75, 3.05) is 13.2 Å². The molecule has 0 bridgehead atoms. The highest BCUT2D eigenvalue weighted by atomic mass is 32.2. The molecule has 0 radical (unpaired) electrons. The first kappa shape index (κ1) is 19.4. The van der Waals surface area contributed by atoms with Crippen molar-refractivity contribution in [3.8, 4) is 17.6 Å². The Bertz CT molecular complexity index is 1190. The van der Waals surface area contributed by atoms with Gasteiger partial charge in [0.15, 0.2) is 0 Å². The van der Waals surface area contributed by atoms with Crippen molar-refractivity contribution < 1.29 is 13.2 Å². The van der Waals surface area contributed by atoms with E-state index in [9.17, 15) is 8.42 Å². The molecular weight excluding hydrogens is 384 g/mol.